The predicted octanol–water partition coefficient (Wildman–Crippen LogP) is 2.57. The molecule has 0 bridgehead atoms. The van der Waals surface area contributed by atoms with Crippen LogP contribution in [0, 0.1) is 0 Å². The van der Waals surface area contributed by atoms with Gasteiger partial charge >= 0.3 is 5.97 Å². The van der Waals surface area contributed by atoms with E-state index in [9.17, 15) is 9.59 Å². The zero-order valence-corrected chi connectivity index (χ0v) is 15.8. The molecule has 2 rings (SSSR count). The van der Waals surface area contributed by atoms with Gasteiger partial charge in [-0.15, -0.1) is 0 Å². The molecule has 7 nitrogen and oxygen atoms in total. The monoisotopic (exact) mass is 373 g/mol. The van der Waals surface area contributed by atoms with Crippen molar-refractivity contribution >= 4 is 11.9 Å². The highest BCUT2D eigenvalue weighted by Gasteiger charge is 2.18. The molecule has 1 atom stereocenters. The average molecular weight is 373 g/mol. The second-order valence-corrected chi connectivity index (χ2v) is 5.68. The summed E-state index contributed by atoms with van der Waals surface area (Å²) in [5.41, 5.74) is 1.27. The minimum atomic E-state index is -0.749. The third-order valence-corrected chi connectivity index (χ3v) is 3.88. The van der Waals surface area contributed by atoms with Gasteiger partial charge < -0.3 is 24.3 Å². The van der Waals surface area contributed by atoms with Gasteiger partial charge in [0.15, 0.2) is 17.6 Å². The van der Waals surface area contributed by atoms with Crippen LogP contribution < -0.4 is 19.5 Å². The molecule has 0 spiro atoms. The first kappa shape index (κ1) is 20.1. The minimum Gasteiger partial charge on any atom is -0.497 e. The number of benzene rings is 2. The third kappa shape index (κ3) is 5.37. The van der Waals surface area contributed by atoms with Crippen LogP contribution in [0.1, 0.15) is 22.8 Å². The molecule has 0 unspecified atom stereocenters. The van der Waals surface area contributed by atoms with E-state index in [2.05, 4.69) is 10.1 Å². The molecule has 0 heterocycles. The van der Waals surface area contributed by atoms with Gasteiger partial charge in [-0.25, -0.2) is 4.79 Å². The molecule has 0 aromatic heterocycles. The van der Waals surface area contributed by atoms with Crippen LogP contribution in [0.5, 0.6) is 17.2 Å². The van der Waals surface area contributed by atoms with Crippen molar-refractivity contribution in [3.05, 3.63) is 53.6 Å². The number of ether oxygens (including phenoxy) is 4. The molecule has 2 aromatic rings. The minimum absolute atomic E-state index is 0.273. The fraction of sp³-hybridized carbons (Fsp3) is 0.300. The first-order valence-corrected chi connectivity index (χ1v) is 8.32. The van der Waals surface area contributed by atoms with Gasteiger partial charge in [0.2, 0.25) is 0 Å². The summed E-state index contributed by atoms with van der Waals surface area (Å²) in [4.78, 5) is 23.9. The standard InChI is InChI=1S/C20H23NO6/c1-13(19(22)21-12-14-5-8-16(24-2)9-6-14)27-17-10-7-15(20(23)26-4)11-18(17)25-3/h5-11,13H,12H2,1-4H3,(H,21,22)/t13-/m0/s1. The third-order valence-electron chi connectivity index (χ3n) is 3.88. The number of nitrogens with one attached hydrogen (secondary N) is 1. The van der Waals surface area contributed by atoms with Gasteiger partial charge in [-0.05, 0) is 42.8 Å². The number of esters is 1. The zero-order valence-electron chi connectivity index (χ0n) is 15.8. The van der Waals surface area contributed by atoms with Crippen LogP contribution in [0.25, 0.3) is 0 Å². The molecule has 144 valence electrons. The second-order valence-electron chi connectivity index (χ2n) is 5.68. The van der Waals surface area contributed by atoms with Gasteiger partial charge in [0, 0.05) is 6.54 Å². The van der Waals surface area contributed by atoms with Crippen molar-refractivity contribution in [1.82, 2.24) is 5.32 Å². The molecule has 27 heavy (non-hydrogen) atoms. The van der Waals surface area contributed by atoms with Gasteiger partial charge in [0.05, 0.1) is 26.9 Å². The lowest BCUT2D eigenvalue weighted by Gasteiger charge is -2.17. The van der Waals surface area contributed by atoms with Crippen LogP contribution in [0.15, 0.2) is 42.5 Å². The Morgan fingerprint density at radius 2 is 1.67 bits per heavy atom. The molecule has 7 heteroatoms. The van der Waals surface area contributed by atoms with Crippen LogP contribution in [0.3, 0.4) is 0 Å². The van der Waals surface area contributed by atoms with Crippen LogP contribution >= 0.6 is 0 Å². The molecule has 0 aliphatic rings. The van der Waals surface area contributed by atoms with Gasteiger partial charge in [-0.3, -0.25) is 4.79 Å². The summed E-state index contributed by atoms with van der Waals surface area (Å²) in [5, 5.41) is 2.81. The molecule has 0 radical (unpaired) electrons. The van der Waals surface area contributed by atoms with Gasteiger partial charge in [-0.2, -0.15) is 0 Å². The van der Waals surface area contributed by atoms with E-state index < -0.39 is 12.1 Å². The van der Waals surface area contributed by atoms with E-state index in [-0.39, 0.29) is 5.91 Å². The largest absolute Gasteiger partial charge is 0.497 e. The number of hydrogen-bond acceptors (Lipinski definition) is 6. The number of carbonyl (C=O) groups is 2. The molecule has 0 saturated heterocycles. The molecule has 1 N–H and O–H groups in total. The van der Waals surface area contributed by atoms with E-state index in [0.29, 0.717) is 23.6 Å². The zero-order chi connectivity index (χ0) is 19.8. The highest BCUT2D eigenvalue weighted by Crippen LogP contribution is 2.29. The lowest BCUT2D eigenvalue weighted by molar-refractivity contribution is -0.127. The molecule has 1 amide bonds. The maximum absolute atomic E-state index is 12.3. The summed E-state index contributed by atoms with van der Waals surface area (Å²) in [6.07, 6.45) is -0.749. The van der Waals surface area contributed by atoms with Crippen molar-refractivity contribution in [1.29, 1.82) is 0 Å². The van der Waals surface area contributed by atoms with E-state index in [0.717, 1.165) is 11.3 Å². The van der Waals surface area contributed by atoms with E-state index in [4.69, 9.17) is 14.2 Å². The number of hydrogen-bond donors (Lipinski definition) is 1. The number of carbonyl (C=O) groups excluding carboxylic acids is 2. The second kappa shape index (κ2) is 9.47. The molecule has 0 aliphatic carbocycles. The summed E-state index contributed by atoms with van der Waals surface area (Å²) < 4.78 is 20.7. The Morgan fingerprint density at radius 1 is 0.963 bits per heavy atom. The molecule has 2 aromatic carbocycles. The molecular formula is C20H23NO6. The van der Waals surface area contributed by atoms with Crippen molar-refractivity contribution < 1.29 is 28.5 Å². The average Bonchev–Trinajstić information content (AvgIpc) is 2.71. The van der Waals surface area contributed by atoms with Crippen LogP contribution in [-0.4, -0.2) is 39.3 Å². The smallest absolute Gasteiger partial charge is 0.337 e. The van der Waals surface area contributed by atoms with Crippen molar-refractivity contribution in [3.8, 4) is 17.2 Å². The summed E-state index contributed by atoms with van der Waals surface area (Å²) in [5.74, 6) is 0.698. The van der Waals surface area contributed by atoms with Crippen molar-refractivity contribution in [2.75, 3.05) is 21.3 Å². The Morgan fingerprint density at radius 3 is 2.26 bits per heavy atom. The quantitative estimate of drug-likeness (QED) is 0.716. The van der Waals surface area contributed by atoms with Crippen LogP contribution in [0.4, 0.5) is 0 Å². The van der Waals surface area contributed by atoms with Crippen molar-refractivity contribution in [2.45, 2.75) is 19.6 Å². The molecule has 0 saturated carbocycles. The van der Waals surface area contributed by atoms with E-state index in [1.807, 2.05) is 24.3 Å². The van der Waals surface area contributed by atoms with Gasteiger partial charge in [-0.1, -0.05) is 12.1 Å². The van der Waals surface area contributed by atoms with Crippen LogP contribution in [-0.2, 0) is 16.1 Å². The SMILES string of the molecule is COC(=O)c1ccc(O[C@@H](C)C(=O)NCc2ccc(OC)cc2)c(OC)c1. The Hall–Kier alpha value is -3.22. The number of amides is 1. The summed E-state index contributed by atoms with van der Waals surface area (Å²) >= 11 is 0. The topological polar surface area (TPSA) is 83.1 Å². The lowest BCUT2D eigenvalue weighted by Crippen LogP contribution is -2.36. The van der Waals surface area contributed by atoms with Crippen LogP contribution in [0.2, 0.25) is 0 Å². The van der Waals surface area contributed by atoms with Crippen molar-refractivity contribution in [2.24, 2.45) is 0 Å². The van der Waals surface area contributed by atoms with E-state index in [1.54, 1.807) is 26.2 Å². The Bertz CT molecular complexity index is 788. The molecule has 0 aliphatic heterocycles. The fourth-order valence-electron chi connectivity index (χ4n) is 2.33. The van der Waals surface area contributed by atoms with Gasteiger partial charge in [0.1, 0.15) is 5.75 Å². The highest BCUT2D eigenvalue weighted by molar-refractivity contribution is 5.90. The summed E-state index contributed by atoms with van der Waals surface area (Å²) in [7, 11) is 4.36. The van der Waals surface area contributed by atoms with Gasteiger partial charge in [0.25, 0.3) is 5.91 Å². The highest BCUT2D eigenvalue weighted by atomic mass is 16.5. The Balaban J connectivity index is 1.97. The number of methoxy groups -OCH3 is 3. The Labute approximate surface area is 158 Å². The maximum atomic E-state index is 12.3. The van der Waals surface area contributed by atoms with E-state index >= 15 is 0 Å². The van der Waals surface area contributed by atoms with Crippen molar-refractivity contribution in [3.63, 3.8) is 0 Å². The maximum Gasteiger partial charge on any atom is 0.337 e. The normalized spacial score (nSPS) is 11.3. The molecular weight excluding hydrogens is 350 g/mol. The first-order valence-electron chi connectivity index (χ1n) is 8.32. The molecule has 0 fully saturated rings. The number of rotatable bonds is 8. The summed E-state index contributed by atoms with van der Waals surface area (Å²) in [6, 6.07) is 12.0. The fourth-order valence-corrected chi connectivity index (χ4v) is 2.33. The first-order chi connectivity index (χ1) is 13.0. The summed E-state index contributed by atoms with van der Waals surface area (Å²) in [6.45, 7) is 2.01. The Kier molecular flexibility index (Phi) is 7.05. The lowest BCUT2D eigenvalue weighted by atomic mass is 10.2. The predicted molar refractivity (Wildman–Crippen MR) is 99.3 cm³/mol. The van der Waals surface area contributed by atoms with E-state index in [1.165, 1.54) is 20.3 Å².